The van der Waals surface area contributed by atoms with Crippen molar-refractivity contribution >= 4 is 17.6 Å². The minimum absolute atomic E-state index is 0.122. The number of nitrogens with one attached hydrogen (secondary N) is 2. The van der Waals surface area contributed by atoms with Gasteiger partial charge in [0, 0.05) is 43.1 Å². The summed E-state index contributed by atoms with van der Waals surface area (Å²) in [5, 5.41) is 14.2. The number of aromatic nitrogens is 1. The normalized spacial score (nSPS) is 16.1. The van der Waals surface area contributed by atoms with Crippen LogP contribution in [0.5, 0.6) is 0 Å². The van der Waals surface area contributed by atoms with Crippen molar-refractivity contribution in [1.29, 1.82) is 5.26 Å². The molecule has 1 unspecified atom stereocenters. The van der Waals surface area contributed by atoms with Crippen LogP contribution < -0.4 is 10.6 Å². The van der Waals surface area contributed by atoms with Crippen LogP contribution in [-0.2, 0) is 0 Å². The monoisotopic (exact) mass is 422 g/mol. The molecule has 2 heterocycles. The van der Waals surface area contributed by atoms with E-state index in [0.29, 0.717) is 24.1 Å². The van der Waals surface area contributed by atoms with E-state index in [0.717, 1.165) is 50.8 Å². The first kappa shape index (κ1) is 22.2. The molecule has 1 aliphatic rings. The first-order valence-corrected chi connectivity index (χ1v) is 10.6. The predicted octanol–water partition coefficient (Wildman–Crippen LogP) is 3.78. The van der Waals surface area contributed by atoms with E-state index < -0.39 is 5.95 Å². The van der Waals surface area contributed by atoms with Gasteiger partial charge in [0.05, 0.1) is 0 Å². The third-order valence-electron chi connectivity index (χ3n) is 5.30. The Bertz CT molecular complexity index is 927. The highest BCUT2D eigenvalue weighted by Crippen LogP contribution is 2.23. The number of hydrogen-bond acceptors (Lipinski definition) is 4. The number of hydrogen-bond donors (Lipinski definition) is 2. The van der Waals surface area contributed by atoms with Crippen LogP contribution in [0.4, 0.5) is 10.1 Å². The van der Waals surface area contributed by atoms with E-state index >= 15 is 0 Å². The minimum atomic E-state index is -0.600. The Morgan fingerprint density at radius 1 is 1.26 bits per heavy atom. The van der Waals surface area contributed by atoms with Crippen molar-refractivity contribution in [3.63, 3.8) is 0 Å². The first-order chi connectivity index (χ1) is 15.2. The maximum Gasteiger partial charge on any atom is 0.253 e. The first-order valence-electron chi connectivity index (χ1n) is 10.6. The lowest BCUT2D eigenvalue weighted by Gasteiger charge is -2.16. The number of unbranched alkanes of at least 4 members (excludes halogenated alkanes) is 2. The maximum absolute atomic E-state index is 13.2. The van der Waals surface area contributed by atoms with Crippen molar-refractivity contribution < 1.29 is 9.18 Å². The number of carbonyl (C=O) groups is 1. The molecule has 1 fully saturated rings. The van der Waals surface area contributed by atoms with Crippen molar-refractivity contribution in [2.45, 2.75) is 32.1 Å². The summed E-state index contributed by atoms with van der Waals surface area (Å²) in [6.07, 6.45) is 8.33. The van der Waals surface area contributed by atoms with Gasteiger partial charge in [0.15, 0.2) is 6.19 Å². The molecule has 3 rings (SSSR count). The second kappa shape index (κ2) is 11.6. The van der Waals surface area contributed by atoms with Gasteiger partial charge in [-0.2, -0.15) is 9.65 Å². The number of anilines is 1. The molecule has 8 heteroatoms. The van der Waals surface area contributed by atoms with E-state index in [-0.39, 0.29) is 5.91 Å². The van der Waals surface area contributed by atoms with Crippen LogP contribution in [-0.4, -0.2) is 41.4 Å². The zero-order chi connectivity index (χ0) is 21.9. The summed E-state index contributed by atoms with van der Waals surface area (Å²) < 4.78 is 13.2. The summed E-state index contributed by atoms with van der Waals surface area (Å²) in [4.78, 5) is 22.3. The van der Waals surface area contributed by atoms with Crippen molar-refractivity contribution in [2.75, 3.05) is 25.0 Å². The standard InChI is InChI=1S/C23H27FN6O/c24-21-15-20(10-13-26-21)29-23(28-17-25)27-12-6-2-3-7-18-11-14-30(16-18)22(31)19-8-4-1-5-9-19/h1,4-5,8-10,13,15,18H,2-3,6-7,11-12,14,16H2,(H2,26,27,28,29). The van der Waals surface area contributed by atoms with E-state index in [1.807, 2.05) is 41.4 Å². The number of nitriles is 1. The lowest BCUT2D eigenvalue weighted by Crippen LogP contribution is -2.28. The van der Waals surface area contributed by atoms with E-state index in [1.165, 1.54) is 12.3 Å². The van der Waals surface area contributed by atoms with Gasteiger partial charge in [-0.1, -0.05) is 31.0 Å². The Morgan fingerprint density at radius 2 is 2.10 bits per heavy atom. The number of aliphatic imine (C=N–C) groups is 1. The van der Waals surface area contributed by atoms with Crippen molar-refractivity contribution in [3.05, 3.63) is 60.2 Å². The number of guanidine groups is 1. The Balaban J connectivity index is 1.35. The molecular formula is C23H27FN6O. The van der Waals surface area contributed by atoms with Crippen molar-refractivity contribution in [2.24, 2.45) is 10.9 Å². The summed E-state index contributed by atoms with van der Waals surface area (Å²) >= 11 is 0. The number of benzene rings is 1. The van der Waals surface area contributed by atoms with Gasteiger partial charge >= 0.3 is 0 Å². The van der Waals surface area contributed by atoms with Gasteiger partial charge in [0.25, 0.3) is 5.91 Å². The highest BCUT2D eigenvalue weighted by atomic mass is 19.1. The number of halogens is 1. The minimum Gasteiger partial charge on any atom is -0.338 e. The van der Waals surface area contributed by atoms with Crippen LogP contribution >= 0.6 is 0 Å². The third kappa shape index (κ3) is 7.07. The van der Waals surface area contributed by atoms with Crippen LogP contribution in [0.1, 0.15) is 42.5 Å². The van der Waals surface area contributed by atoms with Gasteiger partial charge in [0.1, 0.15) is 0 Å². The Morgan fingerprint density at radius 3 is 2.87 bits per heavy atom. The molecule has 2 N–H and O–H groups in total. The molecule has 1 atom stereocenters. The Labute approximate surface area is 182 Å². The summed E-state index contributed by atoms with van der Waals surface area (Å²) in [6.45, 7) is 2.22. The molecule has 0 saturated carbocycles. The fraction of sp³-hybridized carbons (Fsp3) is 0.391. The largest absolute Gasteiger partial charge is 0.338 e. The quantitative estimate of drug-likeness (QED) is 0.169. The van der Waals surface area contributed by atoms with E-state index in [1.54, 1.807) is 6.07 Å². The number of rotatable bonds is 8. The van der Waals surface area contributed by atoms with Crippen LogP contribution in [0.3, 0.4) is 0 Å². The molecule has 1 aromatic heterocycles. The van der Waals surface area contributed by atoms with E-state index in [9.17, 15) is 9.18 Å². The maximum atomic E-state index is 13.2. The third-order valence-corrected chi connectivity index (χ3v) is 5.30. The van der Waals surface area contributed by atoms with Gasteiger partial charge in [-0.3, -0.25) is 15.1 Å². The van der Waals surface area contributed by atoms with E-state index in [4.69, 9.17) is 5.26 Å². The molecule has 162 valence electrons. The molecule has 0 bridgehead atoms. The smallest absolute Gasteiger partial charge is 0.253 e. The molecule has 1 saturated heterocycles. The Hall–Kier alpha value is -3.47. The number of likely N-dealkylation sites (tertiary alicyclic amines) is 1. The number of carbonyl (C=O) groups excluding carboxylic acids is 1. The summed E-state index contributed by atoms with van der Waals surface area (Å²) in [7, 11) is 0. The second-order valence-electron chi connectivity index (χ2n) is 7.58. The average molecular weight is 423 g/mol. The van der Waals surface area contributed by atoms with Crippen LogP contribution in [0, 0.1) is 23.3 Å². The average Bonchev–Trinajstić information content (AvgIpc) is 3.25. The van der Waals surface area contributed by atoms with E-state index in [2.05, 4.69) is 20.6 Å². The molecular weight excluding hydrogens is 395 g/mol. The van der Waals surface area contributed by atoms with Crippen LogP contribution in [0.15, 0.2) is 53.7 Å². The Kier molecular flexibility index (Phi) is 8.35. The molecule has 1 aromatic carbocycles. The number of amides is 1. The molecule has 1 aliphatic heterocycles. The molecule has 0 radical (unpaired) electrons. The van der Waals surface area contributed by atoms with Crippen LogP contribution in [0.2, 0.25) is 0 Å². The molecule has 1 amide bonds. The molecule has 31 heavy (non-hydrogen) atoms. The molecule has 0 spiro atoms. The zero-order valence-corrected chi connectivity index (χ0v) is 17.4. The van der Waals surface area contributed by atoms with Gasteiger partial charge in [-0.25, -0.2) is 4.98 Å². The molecule has 2 aromatic rings. The van der Waals surface area contributed by atoms with Crippen molar-refractivity contribution in [3.8, 4) is 6.19 Å². The SMILES string of the molecule is N#CNC(=NCCCCCC1CCN(C(=O)c2ccccc2)C1)Nc1ccnc(F)c1. The van der Waals surface area contributed by atoms with Gasteiger partial charge in [0.2, 0.25) is 11.9 Å². The second-order valence-corrected chi connectivity index (χ2v) is 7.58. The number of nitrogens with zero attached hydrogens (tertiary/aromatic N) is 4. The summed E-state index contributed by atoms with van der Waals surface area (Å²) in [5.41, 5.74) is 1.23. The lowest BCUT2D eigenvalue weighted by molar-refractivity contribution is 0.0786. The van der Waals surface area contributed by atoms with Crippen LogP contribution in [0.25, 0.3) is 0 Å². The highest BCUT2D eigenvalue weighted by Gasteiger charge is 2.26. The fourth-order valence-electron chi connectivity index (χ4n) is 3.71. The predicted molar refractivity (Wildman–Crippen MR) is 118 cm³/mol. The van der Waals surface area contributed by atoms with Crippen molar-refractivity contribution in [1.82, 2.24) is 15.2 Å². The summed E-state index contributed by atoms with van der Waals surface area (Å²) in [5.74, 6) is 0.364. The number of pyridine rings is 1. The lowest BCUT2D eigenvalue weighted by atomic mass is 10.0. The zero-order valence-electron chi connectivity index (χ0n) is 17.4. The topological polar surface area (TPSA) is 93.4 Å². The van der Waals surface area contributed by atoms with Gasteiger partial charge in [-0.05, 0) is 43.4 Å². The molecule has 7 nitrogen and oxygen atoms in total. The highest BCUT2D eigenvalue weighted by molar-refractivity contribution is 5.94. The summed E-state index contributed by atoms with van der Waals surface area (Å²) in [6, 6.07) is 12.3. The van der Waals surface area contributed by atoms with Gasteiger partial charge in [-0.15, -0.1) is 0 Å². The molecule has 0 aliphatic carbocycles. The fourth-order valence-corrected chi connectivity index (χ4v) is 3.71. The van der Waals surface area contributed by atoms with Gasteiger partial charge < -0.3 is 10.2 Å².